The highest BCUT2D eigenvalue weighted by Crippen LogP contribution is 2.36. The highest BCUT2D eigenvalue weighted by Gasteiger charge is 2.48. The standard InChI is InChI=1S/C52H77N3O14S/c1-10-41-36(26-64-42-17-16-40(57)50(61-8)51(42)62-9)22-30(2)13-15-39(56)31(3)23-34-19-21-63-27-37(54-66-29-38-14-18-44(70-38)35-12-11-20-53-25-35)28-65-43(24-45(58)68-41)32(4)49(34)69-52-48(60)46(55(6)7)47(59)33(5)67-52/h11-15,18,20,22,25,31-34,36,40-43,46-52,57,59-60H,10,16-17,19,21,23-24,26-29H2,1-9H3/b15-13+,30-22+,54-37+/t31-,32+,33-,34?,36-,40-,41-,42-,43-,46+,47-,48-,49-,50-,51+,52+/m1/s1. The SMILES string of the molecule is CC[C@H]1OC(=O)C[C@H]2OC/C(=N/OCc3ccc(-c4cccnc4)s3)COCCC(C[C@@H](C)C(=O)/C=C/C(C)=C/[C@@H]1CO[C@@H]1CC[C@@H](O)[C@@H](OC)[C@H]1OC)[C@H](O[C@@H]1O[C@H](C)[C@@H](O)[C@H](N(C)C)[C@H]1O)[C@H]2C. The quantitative estimate of drug-likeness (QED) is 0.167. The van der Waals surface area contributed by atoms with Crippen LogP contribution in [0.15, 0.2) is 65.6 Å². The smallest absolute Gasteiger partial charge is 0.308 e. The average Bonchev–Trinajstić information content (AvgIpc) is 3.82. The Morgan fingerprint density at radius 3 is 2.46 bits per heavy atom. The van der Waals surface area contributed by atoms with Crippen LogP contribution in [-0.2, 0) is 58.9 Å². The first-order valence-electron chi connectivity index (χ1n) is 24.8. The zero-order valence-electron chi connectivity index (χ0n) is 42.3. The van der Waals surface area contributed by atoms with Crippen molar-refractivity contribution in [3.8, 4) is 10.4 Å². The number of oxime groups is 1. The number of rotatable bonds is 13. The summed E-state index contributed by atoms with van der Waals surface area (Å²) in [4.78, 5) is 42.5. The number of nitrogens with zero attached hydrogens (tertiary/aromatic N) is 3. The first-order chi connectivity index (χ1) is 33.6. The number of thiophene rings is 1. The Morgan fingerprint density at radius 2 is 1.74 bits per heavy atom. The molecule has 2 saturated heterocycles. The monoisotopic (exact) mass is 1000 g/mol. The maximum atomic E-state index is 14.5. The fourth-order valence-corrected chi connectivity index (χ4v) is 11.1. The molecular weight excluding hydrogens is 923 g/mol. The van der Waals surface area contributed by atoms with E-state index < -0.39 is 97.1 Å². The van der Waals surface area contributed by atoms with Crippen LogP contribution < -0.4 is 0 Å². The maximum absolute atomic E-state index is 14.5. The third-order valence-corrected chi connectivity index (χ3v) is 15.3. The van der Waals surface area contributed by atoms with E-state index in [1.807, 2.05) is 64.2 Å². The van der Waals surface area contributed by atoms with Gasteiger partial charge in [-0.15, -0.1) is 11.3 Å². The molecule has 0 amide bonds. The topological polar surface area (TPSA) is 206 Å². The van der Waals surface area contributed by atoms with Crippen LogP contribution >= 0.6 is 11.3 Å². The van der Waals surface area contributed by atoms with Crippen LogP contribution in [0, 0.1) is 23.7 Å². The summed E-state index contributed by atoms with van der Waals surface area (Å²) in [7, 11) is 6.67. The minimum absolute atomic E-state index is 0.0476. The van der Waals surface area contributed by atoms with Crippen LogP contribution in [0.3, 0.4) is 0 Å². The van der Waals surface area contributed by atoms with Crippen LogP contribution in [-0.4, -0.2) is 171 Å². The van der Waals surface area contributed by atoms with Gasteiger partial charge in [-0.2, -0.15) is 0 Å². The van der Waals surface area contributed by atoms with Gasteiger partial charge in [-0.05, 0) is 90.2 Å². The Labute approximate surface area is 417 Å². The van der Waals surface area contributed by atoms with Crippen LogP contribution in [0.5, 0.6) is 0 Å². The van der Waals surface area contributed by atoms with E-state index in [2.05, 4.69) is 10.1 Å². The molecule has 3 N–H and O–H groups in total. The molecule has 6 rings (SSSR count). The number of cyclic esters (lactones) is 1. The molecule has 390 valence electrons. The zero-order valence-corrected chi connectivity index (χ0v) is 43.1. The molecule has 1 aliphatic carbocycles. The van der Waals surface area contributed by atoms with E-state index in [1.54, 1.807) is 62.7 Å². The molecule has 2 aromatic heterocycles. The molecule has 1 unspecified atom stereocenters. The second-order valence-corrected chi connectivity index (χ2v) is 20.7. The lowest BCUT2D eigenvalue weighted by molar-refractivity contribution is -0.305. The number of aliphatic hydroxyl groups excluding tert-OH is 3. The van der Waals surface area contributed by atoms with Gasteiger partial charge >= 0.3 is 5.97 Å². The molecule has 70 heavy (non-hydrogen) atoms. The molecule has 3 fully saturated rings. The molecule has 18 heteroatoms. The number of aromatic nitrogens is 1. The van der Waals surface area contributed by atoms with Crippen molar-refractivity contribution in [1.29, 1.82) is 0 Å². The van der Waals surface area contributed by atoms with Gasteiger partial charge in [-0.1, -0.05) is 49.7 Å². The number of hydrogen-bond acceptors (Lipinski definition) is 18. The molecule has 0 radical (unpaired) electrons. The summed E-state index contributed by atoms with van der Waals surface area (Å²) in [6.07, 6.45) is 2.52. The normalized spacial score (nSPS) is 37.3. The lowest BCUT2D eigenvalue weighted by Crippen LogP contribution is -2.63. The first-order valence-corrected chi connectivity index (χ1v) is 25.6. The Kier molecular flexibility index (Phi) is 21.5. The summed E-state index contributed by atoms with van der Waals surface area (Å²) < 4.78 is 50.5. The van der Waals surface area contributed by atoms with Crippen molar-refractivity contribution in [3.05, 3.63) is 65.3 Å². The van der Waals surface area contributed by atoms with Gasteiger partial charge in [-0.3, -0.25) is 14.6 Å². The number of aliphatic hydroxyl groups is 3. The van der Waals surface area contributed by atoms with Gasteiger partial charge in [0.15, 0.2) is 18.7 Å². The van der Waals surface area contributed by atoms with E-state index in [9.17, 15) is 24.9 Å². The van der Waals surface area contributed by atoms with Gasteiger partial charge in [-0.25, -0.2) is 0 Å². The minimum Gasteiger partial charge on any atom is -0.462 e. The number of methoxy groups -OCH3 is 2. The van der Waals surface area contributed by atoms with Gasteiger partial charge in [0, 0.05) is 66.3 Å². The van der Waals surface area contributed by atoms with Gasteiger partial charge in [0.2, 0.25) is 0 Å². The Hall–Kier alpha value is -3.50. The van der Waals surface area contributed by atoms with Crippen LogP contribution in [0.25, 0.3) is 10.4 Å². The van der Waals surface area contributed by atoms with Gasteiger partial charge in [0.25, 0.3) is 0 Å². The van der Waals surface area contributed by atoms with Crippen molar-refractivity contribution in [1.82, 2.24) is 9.88 Å². The molecule has 5 heterocycles. The molecule has 3 aliphatic heterocycles. The number of fused-ring (bicyclic) bond motifs is 3. The molecule has 2 aromatic rings. The molecular formula is C52H77N3O14S. The number of hydrogen-bond donors (Lipinski definition) is 3. The summed E-state index contributed by atoms with van der Waals surface area (Å²) in [5.74, 6) is -2.39. The highest BCUT2D eigenvalue weighted by molar-refractivity contribution is 7.15. The van der Waals surface area contributed by atoms with Crippen molar-refractivity contribution in [3.63, 3.8) is 0 Å². The number of allylic oxidation sites excluding steroid dienone is 3. The number of ether oxygens (including phenoxy) is 8. The number of pyridine rings is 1. The summed E-state index contributed by atoms with van der Waals surface area (Å²) in [5.41, 5.74) is 2.27. The van der Waals surface area contributed by atoms with E-state index in [-0.39, 0.29) is 51.2 Å². The molecule has 16 atom stereocenters. The van der Waals surface area contributed by atoms with Crippen molar-refractivity contribution in [2.24, 2.45) is 28.8 Å². The minimum atomic E-state index is -1.25. The van der Waals surface area contributed by atoms with E-state index in [4.69, 9.17) is 42.7 Å². The molecule has 0 aromatic carbocycles. The van der Waals surface area contributed by atoms with Crippen molar-refractivity contribution < 1.29 is 67.6 Å². The molecule has 1 saturated carbocycles. The third kappa shape index (κ3) is 14.8. The van der Waals surface area contributed by atoms with E-state index >= 15 is 0 Å². The van der Waals surface area contributed by atoms with E-state index in [0.717, 1.165) is 20.9 Å². The second-order valence-electron chi connectivity index (χ2n) is 19.5. The summed E-state index contributed by atoms with van der Waals surface area (Å²) >= 11 is 1.58. The summed E-state index contributed by atoms with van der Waals surface area (Å²) in [6.45, 7) is 10.1. The van der Waals surface area contributed by atoms with Crippen molar-refractivity contribution >= 4 is 28.8 Å². The largest absolute Gasteiger partial charge is 0.462 e. The Bertz CT molecular complexity index is 2030. The second kappa shape index (κ2) is 27.0. The number of carbonyl (C=O) groups excluding carboxylic acids is 2. The maximum Gasteiger partial charge on any atom is 0.308 e. The predicted molar refractivity (Wildman–Crippen MR) is 263 cm³/mol. The number of esters is 1. The highest BCUT2D eigenvalue weighted by atomic mass is 32.1. The lowest BCUT2D eigenvalue weighted by atomic mass is 9.79. The van der Waals surface area contributed by atoms with Crippen LogP contribution in [0.1, 0.15) is 78.0 Å². The van der Waals surface area contributed by atoms with Crippen LogP contribution in [0.2, 0.25) is 0 Å². The molecule has 17 nitrogen and oxygen atoms in total. The van der Waals surface area contributed by atoms with E-state index in [0.29, 0.717) is 37.8 Å². The average molecular weight is 1000 g/mol. The third-order valence-electron chi connectivity index (χ3n) is 14.2. The predicted octanol–water partition coefficient (Wildman–Crippen LogP) is 5.53. The van der Waals surface area contributed by atoms with Gasteiger partial charge in [0.1, 0.15) is 30.1 Å². The first kappa shape index (κ1) is 55.8. The van der Waals surface area contributed by atoms with Gasteiger partial charge in [0.05, 0.1) is 68.9 Å². The number of ketones is 1. The van der Waals surface area contributed by atoms with Crippen molar-refractivity contribution in [2.75, 3.05) is 54.7 Å². The lowest BCUT2D eigenvalue weighted by Gasteiger charge is -2.47. The van der Waals surface area contributed by atoms with Crippen LogP contribution in [0.4, 0.5) is 0 Å². The molecule has 0 spiro atoms. The summed E-state index contributed by atoms with van der Waals surface area (Å²) in [6, 6.07) is 7.21. The molecule has 4 aliphatic rings. The fourth-order valence-electron chi connectivity index (χ4n) is 10.2. The van der Waals surface area contributed by atoms with Gasteiger partial charge < -0.3 is 63.0 Å². The van der Waals surface area contributed by atoms with E-state index in [1.165, 1.54) is 7.11 Å². The number of carbonyl (C=O) groups is 2. The Balaban J connectivity index is 1.32. The zero-order chi connectivity index (χ0) is 50.5. The fraction of sp³-hybridized carbons (Fsp3) is 0.692. The van der Waals surface area contributed by atoms with Crippen molar-refractivity contribution in [2.45, 2.75) is 153 Å². The summed E-state index contributed by atoms with van der Waals surface area (Å²) in [5, 5.41) is 38.0. The number of likely N-dealkylation sites (N-methyl/N-ethyl adjacent to an activating group) is 1. The Morgan fingerprint density at radius 1 is 0.957 bits per heavy atom. The molecule has 2 bridgehead atoms.